The van der Waals surface area contributed by atoms with Crippen molar-refractivity contribution in [3.63, 3.8) is 0 Å². The molecular formula is C24H31N7O. The number of nitrogens with zero attached hydrogens (tertiary/aromatic N) is 7. The summed E-state index contributed by atoms with van der Waals surface area (Å²) in [7, 11) is 0. The molecule has 0 N–H and O–H groups in total. The lowest BCUT2D eigenvalue weighted by Gasteiger charge is -2.43. The molecule has 8 heteroatoms. The number of imidazole rings is 1. The highest BCUT2D eigenvalue weighted by Gasteiger charge is 2.30. The van der Waals surface area contributed by atoms with Crippen LogP contribution in [0.25, 0.3) is 12.2 Å². The Morgan fingerprint density at radius 2 is 1.97 bits per heavy atom. The normalized spacial score (nSPS) is 24.1. The quantitative estimate of drug-likeness (QED) is 0.673. The van der Waals surface area contributed by atoms with Crippen molar-refractivity contribution in [1.82, 2.24) is 34.4 Å². The first kappa shape index (κ1) is 20.1. The Hall–Kier alpha value is -2.58. The summed E-state index contributed by atoms with van der Waals surface area (Å²) in [6.45, 7) is 6.83. The maximum Gasteiger partial charge on any atom is 0.236 e. The van der Waals surface area contributed by atoms with Gasteiger partial charge in [-0.2, -0.15) is 10.2 Å². The first-order chi connectivity index (χ1) is 15.7. The van der Waals surface area contributed by atoms with Gasteiger partial charge in [0.2, 0.25) is 5.91 Å². The number of carbonyl (C=O) groups excluding carboxylic acids is 1. The van der Waals surface area contributed by atoms with Crippen LogP contribution in [0, 0.1) is 0 Å². The van der Waals surface area contributed by atoms with Crippen LogP contribution in [0.5, 0.6) is 0 Å². The van der Waals surface area contributed by atoms with E-state index in [0.29, 0.717) is 6.54 Å². The van der Waals surface area contributed by atoms with E-state index in [9.17, 15) is 4.79 Å². The van der Waals surface area contributed by atoms with Crippen molar-refractivity contribution < 1.29 is 4.79 Å². The second-order valence-electron chi connectivity index (χ2n) is 9.52. The largest absolute Gasteiger partial charge is 0.339 e. The lowest BCUT2D eigenvalue weighted by molar-refractivity contribution is -0.135. The Kier molecular flexibility index (Phi) is 5.27. The van der Waals surface area contributed by atoms with E-state index in [1.165, 1.54) is 24.6 Å². The zero-order valence-corrected chi connectivity index (χ0v) is 18.6. The van der Waals surface area contributed by atoms with E-state index < -0.39 is 0 Å². The Balaban J connectivity index is 1.10. The molecule has 2 aromatic heterocycles. The lowest BCUT2D eigenvalue weighted by Crippen LogP contribution is -2.55. The highest BCUT2D eigenvalue weighted by molar-refractivity contribution is 5.78. The molecule has 32 heavy (non-hydrogen) atoms. The molecule has 1 unspecified atom stereocenters. The number of carbonyl (C=O) groups is 1. The van der Waals surface area contributed by atoms with Crippen LogP contribution in [-0.2, 0) is 17.9 Å². The third kappa shape index (κ3) is 3.75. The minimum atomic E-state index is 0.226. The lowest BCUT2D eigenvalue weighted by atomic mass is 9.91. The Bertz CT molecular complexity index is 1100. The molecule has 1 amide bonds. The van der Waals surface area contributed by atoms with Crippen LogP contribution in [0.15, 0.2) is 18.3 Å². The van der Waals surface area contributed by atoms with Gasteiger partial charge in [0.1, 0.15) is 5.82 Å². The average molecular weight is 434 g/mol. The minimum absolute atomic E-state index is 0.226. The Morgan fingerprint density at radius 3 is 2.72 bits per heavy atom. The van der Waals surface area contributed by atoms with Crippen molar-refractivity contribution in [2.75, 3.05) is 39.3 Å². The van der Waals surface area contributed by atoms with Gasteiger partial charge in [-0.1, -0.05) is 12.5 Å². The maximum atomic E-state index is 12.9. The van der Waals surface area contributed by atoms with Crippen molar-refractivity contribution in [3.05, 3.63) is 40.5 Å². The zero-order valence-electron chi connectivity index (χ0n) is 18.6. The summed E-state index contributed by atoms with van der Waals surface area (Å²) in [6, 6.07) is 4.75. The van der Waals surface area contributed by atoms with Crippen LogP contribution in [0.1, 0.15) is 43.1 Å². The second kappa shape index (κ2) is 8.41. The second-order valence-corrected chi connectivity index (χ2v) is 9.52. The van der Waals surface area contributed by atoms with E-state index in [-0.39, 0.29) is 11.8 Å². The third-order valence-electron chi connectivity index (χ3n) is 7.63. The molecule has 6 rings (SSSR count). The molecule has 4 heterocycles. The van der Waals surface area contributed by atoms with Crippen LogP contribution < -0.4 is 10.7 Å². The third-order valence-corrected chi connectivity index (χ3v) is 7.63. The number of fused-ring (bicyclic) bond motifs is 3. The van der Waals surface area contributed by atoms with Gasteiger partial charge in [-0.3, -0.25) is 14.6 Å². The minimum Gasteiger partial charge on any atom is -0.339 e. The van der Waals surface area contributed by atoms with Crippen molar-refractivity contribution >= 4 is 18.1 Å². The average Bonchev–Trinajstić information content (AvgIpc) is 3.16. The van der Waals surface area contributed by atoms with Crippen molar-refractivity contribution in [2.24, 2.45) is 0 Å². The topological polar surface area (TPSA) is 70.4 Å². The van der Waals surface area contributed by atoms with Gasteiger partial charge < -0.3 is 9.47 Å². The maximum absolute atomic E-state index is 12.9. The molecule has 2 fully saturated rings. The molecule has 1 saturated heterocycles. The van der Waals surface area contributed by atoms with Gasteiger partial charge in [0, 0.05) is 57.4 Å². The SMILES string of the molecule is O=C(CN1CCn2c(nc3c2=CCC(c2cccnn2)C=3)C1)N1CCN(C2CCC2)CC1. The first-order valence-electron chi connectivity index (χ1n) is 12.0. The molecule has 168 valence electrons. The summed E-state index contributed by atoms with van der Waals surface area (Å²) < 4.78 is 2.33. The first-order valence-corrected chi connectivity index (χ1v) is 12.0. The molecule has 2 aliphatic carbocycles. The van der Waals surface area contributed by atoms with Gasteiger partial charge in [0.05, 0.1) is 29.5 Å². The van der Waals surface area contributed by atoms with Crippen molar-refractivity contribution in [1.29, 1.82) is 0 Å². The van der Waals surface area contributed by atoms with Crippen LogP contribution in [0.3, 0.4) is 0 Å². The van der Waals surface area contributed by atoms with Crippen molar-refractivity contribution in [3.8, 4) is 0 Å². The van der Waals surface area contributed by atoms with E-state index in [4.69, 9.17) is 4.98 Å². The van der Waals surface area contributed by atoms with Crippen LogP contribution in [-0.4, -0.2) is 85.7 Å². The molecule has 0 bridgehead atoms. The molecule has 2 aromatic rings. The predicted octanol–water partition coefficient (Wildman–Crippen LogP) is -0.0661. The summed E-state index contributed by atoms with van der Waals surface area (Å²) in [6.07, 6.45) is 11.2. The van der Waals surface area contributed by atoms with E-state index in [1.807, 2.05) is 12.1 Å². The van der Waals surface area contributed by atoms with E-state index in [2.05, 4.69) is 41.6 Å². The van der Waals surface area contributed by atoms with Crippen LogP contribution in [0.4, 0.5) is 0 Å². The van der Waals surface area contributed by atoms with E-state index >= 15 is 0 Å². The monoisotopic (exact) mass is 433 g/mol. The Labute approximate surface area is 188 Å². The fourth-order valence-electron chi connectivity index (χ4n) is 5.49. The van der Waals surface area contributed by atoms with Crippen molar-refractivity contribution in [2.45, 2.75) is 50.7 Å². The molecule has 0 radical (unpaired) electrons. The molecule has 0 spiro atoms. The summed E-state index contributed by atoms with van der Waals surface area (Å²) >= 11 is 0. The standard InChI is InChI=1S/C24H31N7O/c32-24(30-12-10-29(11-13-30)19-3-1-4-19)17-28-9-14-31-22-7-6-18(20-5-2-8-25-27-20)15-21(22)26-23(31)16-28/h2,5,7-8,15,18-19H,1,3-4,6,9-14,16-17H2. The predicted molar refractivity (Wildman–Crippen MR) is 121 cm³/mol. The number of hydrogen-bond donors (Lipinski definition) is 0. The highest BCUT2D eigenvalue weighted by Crippen LogP contribution is 2.25. The number of rotatable bonds is 4. The van der Waals surface area contributed by atoms with Gasteiger partial charge >= 0.3 is 0 Å². The van der Waals surface area contributed by atoms with Gasteiger partial charge in [0.25, 0.3) is 0 Å². The molecule has 0 aromatic carbocycles. The van der Waals surface area contributed by atoms with Gasteiger partial charge in [-0.05, 0) is 37.5 Å². The van der Waals surface area contributed by atoms with Gasteiger partial charge in [-0.15, -0.1) is 0 Å². The fraction of sp³-hybridized carbons (Fsp3) is 0.583. The molecule has 1 atom stereocenters. The Morgan fingerprint density at radius 1 is 1.09 bits per heavy atom. The molecule has 8 nitrogen and oxygen atoms in total. The number of hydrogen-bond acceptors (Lipinski definition) is 6. The molecule has 2 aliphatic heterocycles. The number of piperazine rings is 1. The molecular weight excluding hydrogens is 402 g/mol. The summed E-state index contributed by atoms with van der Waals surface area (Å²) in [4.78, 5) is 24.8. The van der Waals surface area contributed by atoms with Crippen LogP contribution >= 0.6 is 0 Å². The highest BCUT2D eigenvalue weighted by atomic mass is 16.2. The fourth-order valence-corrected chi connectivity index (χ4v) is 5.49. The molecule has 4 aliphatic rings. The summed E-state index contributed by atoms with van der Waals surface area (Å²) in [5.41, 5.74) is 0.991. The number of aromatic nitrogens is 4. The zero-order chi connectivity index (χ0) is 21.5. The van der Waals surface area contributed by atoms with Gasteiger partial charge in [-0.25, -0.2) is 4.98 Å². The van der Waals surface area contributed by atoms with E-state index in [0.717, 1.165) is 75.1 Å². The van der Waals surface area contributed by atoms with Gasteiger partial charge in [0.15, 0.2) is 0 Å². The van der Waals surface area contributed by atoms with E-state index in [1.54, 1.807) is 6.20 Å². The summed E-state index contributed by atoms with van der Waals surface area (Å²) in [5, 5.41) is 10.6. The molecule has 1 saturated carbocycles. The smallest absolute Gasteiger partial charge is 0.236 e. The summed E-state index contributed by atoms with van der Waals surface area (Å²) in [5.74, 6) is 1.56. The number of amides is 1. The van der Waals surface area contributed by atoms with Crippen LogP contribution in [0.2, 0.25) is 0 Å².